The number of hydrogen-bond acceptors (Lipinski definition) is 4. The minimum absolute atomic E-state index is 0.173. The molecule has 2 aromatic heterocycles. The quantitative estimate of drug-likeness (QED) is 0.848. The van der Waals surface area contributed by atoms with Crippen LogP contribution >= 0.6 is 11.3 Å². The summed E-state index contributed by atoms with van der Waals surface area (Å²) >= 11 is 1.60. The van der Waals surface area contributed by atoms with Crippen molar-refractivity contribution in [2.45, 2.75) is 26.8 Å². The molecule has 4 nitrogen and oxygen atoms in total. The molecule has 0 fully saturated rings. The average molecular weight is 259 g/mol. The zero-order valence-corrected chi connectivity index (χ0v) is 11.1. The van der Waals surface area contributed by atoms with Crippen molar-refractivity contribution in [3.63, 3.8) is 0 Å². The number of hydrogen-bond donors (Lipinski definition) is 0. The second-order valence-corrected chi connectivity index (χ2v) is 4.92. The lowest BCUT2D eigenvalue weighted by Crippen LogP contribution is -2.25. The Balaban J connectivity index is 2.40. The first-order valence-electron chi connectivity index (χ1n) is 5.69. The number of rotatable bonds is 3. The molecule has 0 aliphatic heterocycles. The highest BCUT2D eigenvalue weighted by atomic mass is 32.1. The molecule has 0 spiro atoms. The van der Waals surface area contributed by atoms with Gasteiger partial charge in [-0.05, 0) is 25.5 Å². The summed E-state index contributed by atoms with van der Waals surface area (Å²) in [6.07, 6.45) is 0.900. The lowest BCUT2D eigenvalue weighted by Gasteiger charge is -2.08. The largest absolute Gasteiger partial charge is 0.306 e. The fraction of sp³-hybridized carbons (Fsp3) is 0.308. The smallest absolute Gasteiger partial charge is 0.269 e. The molecule has 0 radical (unpaired) electrons. The first-order valence-corrected chi connectivity index (χ1v) is 6.57. The first kappa shape index (κ1) is 12.5. The van der Waals surface area contributed by atoms with E-state index < -0.39 is 0 Å². The van der Waals surface area contributed by atoms with Crippen LogP contribution in [0.1, 0.15) is 28.9 Å². The molecule has 5 heteroatoms. The van der Waals surface area contributed by atoms with Crippen molar-refractivity contribution in [2.75, 3.05) is 0 Å². The molecule has 18 heavy (non-hydrogen) atoms. The van der Waals surface area contributed by atoms with Crippen molar-refractivity contribution in [1.29, 1.82) is 5.26 Å². The van der Waals surface area contributed by atoms with Gasteiger partial charge in [-0.3, -0.25) is 4.79 Å². The van der Waals surface area contributed by atoms with Gasteiger partial charge in [-0.25, -0.2) is 4.98 Å². The standard InChI is InChI=1S/C13H13N3OS/c1-3-12-15-11(8-18-12)7-16-9(2)4-5-10(6-14)13(16)17/h4-5,8H,3,7H2,1-2H3. The molecule has 0 aromatic carbocycles. The molecule has 92 valence electrons. The molecule has 0 saturated heterocycles. The Hall–Kier alpha value is -1.93. The number of aromatic nitrogens is 2. The van der Waals surface area contributed by atoms with Crippen LogP contribution in [0, 0.1) is 18.3 Å². The van der Waals surface area contributed by atoms with Crippen molar-refractivity contribution >= 4 is 11.3 Å². The van der Waals surface area contributed by atoms with Gasteiger partial charge in [0.05, 0.1) is 17.2 Å². The minimum Gasteiger partial charge on any atom is -0.306 e. The molecule has 0 saturated carbocycles. The highest BCUT2D eigenvalue weighted by molar-refractivity contribution is 7.09. The van der Waals surface area contributed by atoms with Crippen LogP contribution in [0.5, 0.6) is 0 Å². The van der Waals surface area contributed by atoms with E-state index in [1.54, 1.807) is 28.0 Å². The molecule has 0 aliphatic rings. The van der Waals surface area contributed by atoms with Crippen LogP contribution < -0.4 is 5.56 Å². The van der Waals surface area contributed by atoms with Crippen LogP contribution in [0.15, 0.2) is 22.3 Å². The van der Waals surface area contributed by atoms with Crippen molar-refractivity contribution < 1.29 is 0 Å². The monoisotopic (exact) mass is 259 g/mol. The van der Waals surface area contributed by atoms with Crippen molar-refractivity contribution in [3.05, 3.63) is 49.8 Å². The fourth-order valence-corrected chi connectivity index (χ4v) is 2.43. The summed E-state index contributed by atoms with van der Waals surface area (Å²) in [6, 6.07) is 5.26. The molecule has 0 aliphatic carbocycles. The lowest BCUT2D eigenvalue weighted by atomic mass is 10.2. The fourth-order valence-electron chi connectivity index (χ4n) is 1.70. The number of nitrogens with zero attached hydrogens (tertiary/aromatic N) is 3. The van der Waals surface area contributed by atoms with Gasteiger partial charge in [0.1, 0.15) is 11.6 Å². The average Bonchev–Trinajstić information content (AvgIpc) is 2.82. The van der Waals surface area contributed by atoms with E-state index in [9.17, 15) is 4.79 Å². The molecule has 0 amide bonds. The zero-order chi connectivity index (χ0) is 13.1. The predicted molar refractivity (Wildman–Crippen MR) is 70.7 cm³/mol. The maximum absolute atomic E-state index is 12.0. The maximum Gasteiger partial charge on any atom is 0.269 e. The second kappa shape index (κ2) is 5.15. The Morgan fingerprint density at radius 3 is 2.89 bits per heavy atom. The van der Waals surface area contributed by atoms with E-state index >= 15 is 0 Å². The van der Waals surface area contributed by atoms with Crippen molar-refractivity contribution in [1.82, 2.24) is 9.55 Å². The molecule has 0 N–H and O–H groups in total. The molecule has 2 rings (SSSR count). The summed E-state index contributed by atoms with van der Waals surface area (Å²) in [7, 11) is 0. The Morgan fingerprint density at radius 1 is 1.50 bits per heavy atom. The molecule has 0 atom stereocenters. The van der Waals surface area contributed by atoms with E-state index in [0.29, 0.717) is 6.54 Å². The molecule has 0 unspecified atom stereocenters. The minimum atomic E-state index is -0.247. The highest BCUT2D eigenvalue weighted by Gasteiger charge is 2.08. The molecule has 0 bridgehead atoms. The van der Waals surface area contributed by atoms with Crippen molar-refractivity contribution in [2.24, 2.45) is 0 Å². The van der Waals surface area contributed by atoms with Gasteiger partial charge < -0.3 is 4.57 Å². The van der Waals surface area contributed by atoms with Crippen LogP contribution in [-0.4, -0.2) is 9.55 Å². The van der Waals surface area contributed by atoms with Gasteiger partial charge in [0, 0.05) is 11.1 Å². The predicted octanol–water partition coefficient (Wildman–Crippen LogP) is 2.10. The molecule has 2 heterocycles. The summed E-state index contributed by atoms with van der Waals surface area (Å²) in [5.41, 5.74) is 1.64. The van der Waals surface area contributed by atoms with E-state index in [-0.39, 0.29) is 11.1 Å². The normalized spacial score (nSPS) is 10.3. The van der Waals surface area contributed by atoms with Crippen molar-refractivity contribution in [3.8, 4) is 6.07 Å². The van der Waals surface area contributed by atoms with E-state index in [1.807, 2.05) is 18.4 Å². The summed E-state index contributed by atoms with van der Waals surface area (Å²) in [5.74, 6) is 0. The Morgan fingerprint density at radius 2 is 2.28 bits per heavy atom. The Labute approximate surface area is 109 Å². The topological polar surface area (TPSA) is 58.7 Å². The number of thiazole rings is 1. The zero-order valence-electron chi connectivity index (χ0n) is 10.3. The van der Waals surface area contributed by atoms with Gasteiger partial charge in [0.2, 0.25) is 0 Å². The second-order valence-electron chi connectivity index (χ2n) is 3.98. The Kier molecular flexibility index (Phi) is 3.58. The van der Waals surface area contributed by atoms with Gasteiger partial charge in [-0.1, -0.05) is 6.92 Å². The number of nitriles is 1. The summed E-state index contributed by atoms with van der Waals surface area (Å²) in [5, 5.41) is 11.9. The SMILES string of the molecule is CCc1nc(Cn2c(C)ccc(C#N)c2=O)cs1. The van der Waals surface area contributed by atoms with E-state index in [2.05, 4.69) is 11.9 Å². The van der Waals surface area contributed by atoms with Crippen LogP contribution in [-0.2, 0) is 13.0 Å². The molecule has 2 aromatic rings. The third-order valence-electron chi connectivity index (χ3n) is 2.73. The van der Waals surface area contributed by atoms with Gasteiger partial charge in [0.15, 0.2) is 0 Å². The summed E-state index contributed by atoms with van der Waals surface area (Å²) in [6.45, 7) is 4.34. The maximum atomic E-state index is 12.0. The van der Waals surface area contributed by atoms with E-state index in [4.69, 9.17) is 5.26 Å². The highest BCUT2D eigenvalue weighted by Crippen LogP contribution is 2.11. The van der Waals surface area contributed by atoms with Crippen LogP contribution in [0.3, 0.4) is 0 Å². The lowest BCUT2D eigenvalue weighted by molar-refractivity contribution is 0.712. The van der Waals surface area contributed by atoms with E-state index in [0.717, 1.165) is 22.8 Å². The van der Waals surface area contributed by atoms with Gasteiger partial charge in [0.25, 0.3) is 5.56 Å². The van der Waals surface area contributed by atoms with Crippen LogP contribution in [0.2, 0.25) is 0 Å². The van der Waals surface area contributed by atoms with E-state index in [1.165, 1.54) is 0 Å². The van der Waals surface area contributed by atoms with Gasteiger partial charge in [-0.2, -0.15) is 5.26 Å². The molecular weight excluding hydrogens is 246 g/mol. The molecular formula is C13H13N3OS. The third kappa shape index (κ3) is 2.34. The summed E-state index contributed by atoms with van der Waals surface area (Å²) < 4.78 is 1.59. The van der Waals surface area contributed by atoms with Gasteiger partial charge in [-0.15, -0.1) is 11.3 Å². The first-order chi connectivity index (χ1) is 8.65. The van der Waals surface area contributed by atoms with Crippen LogP contribution in [0.25, 0.3) is 0 Å². The Bertz CT molecular complexity index is 664. The third-order valence-corrected chi connectivity index (χ3v) is 3.78. The van der Waals surface area contributed by atoms with Crippen LogP contribution in [0.4, 0.5) is 0 Å². The number of aryl methyl sites for hydroxylation is 2. The van der Waals surface area contributed by atoms with Gasteiger partial charge >= 0.3 is 0 Å². The summed E-state index contributed by atoms with van der Waals surface area (Å²) in [4.78, 5) is 16.5. The number of pyridine rings is 1.